The van der Waals surface area contributed by atoms with Gasteiger partial charge in [0.25, 0.3) is 0 Å². The maximum Gasteiger partial charge on any atom is 0.318 e. The van der Waals surface area contributed by atoms with Crippen LogP contribution in [0, 0.1) is 5.92 Å². The Bertz CT molecular complexity index is 766. The number of carbonyl (C=O) groups is 1. The number of urea groups is 1. The third-order valence-electron chi connectivity index (χ3n) is 2.67. The predicted molar refractivity (Wildman–Crippen MR) is 84.6 cm³/mol. The summed E-state index contributed by atoms with van der Waals surface area (Å²) in [6.45, 7) is 3.71. The maximum absolute atomic E-state index is 12.2. The molecular formula is C13H17N3O3S2. The Hall–Kier alpha value is -1.67. The lowest BCUT2D eigenvalue weighted by atomic mass is 10.3. The van der Waals surface area contributed by atoms with Crippen LogP contribution in [0.4, 0.5) is 10.5 Å². The van der Waals surface area contributed by atoms with Crippen molar-refractivity contribution in [2.45, 2.75) is 18.2 Å². The van der Waals surface area contributed by atoms with E-state index in [1.165, 1.54) is 7.05 Å². The van der Waals surface area contributed by atoms with E-state index in [0.717, 1.165) is 16.0 Å². The number of aromatic nitrogens is 1. The Kier molecular flexibility index (Phi) is 4.48. The summed E-state index contributed by atoms with van der Waals surface area (Å²) in [7, 11) is -1.83. The summed E-state index contributed by atoms with van der Waals surface area (Å²) in [6.07, 6.45) is 0. The normalized spacial score (nSPS) is 11.8. The predicted octanol–water partition coefficient (Wildman–Crippen LogP) is 2.48. The van der Waals surface area contributed by atoms with Crippen molar-refractivity contribution in [3.8, 4) is 0 Å². The van der Waals surface area contributed by atoms with Crippen LogP contribution in [0.3, 0.4) is 0 Å². The van der Waals surface area contributed by atoms with Crippen LogP contribution in [0.5, 0.6) is 0 Å². The molecule has 1 aromatic heterocycles. The second kappa shape index (κ2) is 5.98. The monoisotopic (exact) mass is 327 g/mol. The molecule has 2 rings (SSSR count). The molecule has 0 bridgehead atoms. The van der Waals surface area contributed by atoms with E-state index in [-0.39, 0.29) is 22.0 Å². The van der Waals surface area contributed by atoms with E-state index in [9.17, 15) is 13.2 Å². The highest BCUT2D eigenvalue weighted by molar-refractivity contribution is 7.93. The first-order chi connectivity index (χ1) is 9.81. The lowest BCUT2D eigenvalue weighted by Gasteiger charge is -2.03. The molecule has 0 atom stereocenters. The molecule has 2 aromatic rings. The molecule has 0 fully saturated rings. The van der Waals surface area contributed by atoms with Crippen molar-refractivity contribution in [2.75, 3.05) is 18.1 Å². The van der Waals surface area contributed by atoms with Crippen molar-refractivity contribution in [3.05, 3.63) is 18.2 Å². The second-order valence-corrected chi connectivity index (χ2v) is 8.28. The van der Waals surface area contributed by atoms with Gasteiger partial charge in [-0.2, -0.15) is 0 Å². The zero-order valence-electron chi connectivity index (χ0n) is 12.0. The molecule has 21 heavy (non-hydrogen) atoms. The molecule has 114 valence electrons. The Labute approximate surface area is 127 Å². The summed E-state index contributed by atoms with van der Waals surface area (Å²) in [5.41, 5.74) is 1.21. The molecule has 0 aliphatic heterocycles. The van der Waals surface area contributed by atoms with Gasteiger partial charge in [-0.05, 0) is 24.1 Å². The summed E-state index contributed by atoms with van der Waals surface area (Å²) in [5, 5.41) is 5.10. The first-order valence-electron chi connectivity index (χ1n) is 6.44. The Morgan fingerprint density at radius 2 is 2.10 bits per heavy atom. The first-order valence-corrected chi connectivity index (χ1v) is 8.91. The number of nitrogens with zero attached hydrogens (tertiary/aromatic N) is 1. The zero-order valence-corrected chi connectivity index (χ0v) is 13.6. The van der Waals surface area contributed by atoms with Crippen molar-refractivity contribution in [1.82, 2.24) is 10.3 Å². The number of amides is 2. The number of fused-ring (bicyclic) bond motifs is 1. The smallest absolute Gasteiger partial charge is 0.318 e. The third kappa shape index (κ3) is 3.70. The number of nitrogens with one attached hydrogen (secondary N) is 2. The molecule has 0 aliphatic carbocycles. The molecule has 0 saturated carbocycles. The fourth-order valence-electron chi connectivity index (χ4n) is 1.82. The summed E-state index contributed by atoms with van der Waals surface area (Å²) in [5.74, 6) is 0.128. The van der Waals surface area contributed by atoms with Crippen LogP contribution in [-0.4, -0.2) is 32.2 Å². The first kappa shape index (κ1) is 15.7. The number of anilines is 1. The van der Waals surface area contributed by atoms with Crippen molar-refractivity contribution >= 4 is 43.1 Å². The van der Waals surface area contributed by atoms with Gasteiger partial charge in [-0.25, -0.2) is 18.2 Å². The van der Waals surface area contributed by atoms with Gasteiger partial charge >= 0.3 is 6.03 Å². The Morgan fingerprint density at radius 3 is 2.71 bits per heavy atom. The van der Waals surface area contributed by atoms with Gasteiger partial charge in [0, 0.05) is 12.7 Å². The Morgan fingerprint density at radius 1 is 1.38 bits per heavy atom. The zero-order chi connectivity index (χ0) is 15.6. The van der Waals surface area contributed by atoms with Crippen LogP contribution >= 0.6 is 11.3 Å². The standard InChI is InChI=1S/C13H17N3O3S2/c1-8(2)7-21(18,19)13-16-10-5-4-9(6-11(10)20-13)15-12(17)14-3/h4-6,8H,7H2,1-3H3,(H2,14,15,17). The Balaban J connectivity index is 2.36. The molecule has 6 nitrogen and oxygen atoms in total. The van der Waals surface area contributed by atoms with E-state index in [0.29, 0.717) is 11.2 Å². The van der Waals surface area contributed by atoms with E-state index in [2.05, 4.69) is 15.6 Å². The highest BCUT2D eigenvalue weighted by Crippen LogP contribution is 2.29. The van der Waals surface area contributed by atoms with Crippen molar-refractivity contribution in [2.24, 2.45) is 5.92 Å². The molecule has 0 unspecified atom stereocenters. The van der Waals surface area contributed by atoms with Gasteiger partial charge in [-0.1, -0.05) is 13.8 Å². The minimum Gasteiger partial charge on any atom is -0.341 e. The molecule has 2 amide bonds. The number of sulfone groups is 1. The average Bonchev–Trinajstić information content (AvgIpc) is 2.81. The highest BCUT2D eigenvalue weighted by Gasteiger charge is 2.21. The SMILES string of the molecule is CNC(=O)Nc1ccc2nc(S(=O)(=O)CC(C)C)sc2c1. The van der Waals surface area contributed by atoms with Crippen LogP contribution < -0.4 is 10.6 Å². The van der Waals surface area contributed by atoms with Crippen LogP contribution in [0.15, 0.2) is 22.5 Å². The number of rotatable bonds is 4. The molecule has 0 spiro atoms. The summed E-state index contributed by atoms with van der Waals surface area (Å²) >= 11 is 1.12. The van der Waals surface area contributed by atoms with Gasteiger partial charge in [0.1, 0.15) is 0 Å². The van der Waals surface area contributed by atoms with Crippen molar-refractivity contribution in [3.63, 3.8) is 0 Å². The fourth-order valence-corrected chi connectivity index (χ4v) is 4.79. The summed E-state index contributed by atoms with van der Waals surface area (Å²) in [4.78, 5) is 15.5. The molecule has 8 heteroatoms. The minimum atomic E-state index is -3.35. The van der Waals surface area contributed by atoms with Crippen LogP contribution in [0.2, 0.25) is 0 Å². The molecule has 2 N–H and O–H groups in total. The largest absolute Gasteiger partial charge is 0.341 e. The second-order valence-electron chi connectivity index (χ2n) is 5.04. The van der Waals surface area contributed by atoms with E-state index in [1.807, 2.05) is 13.8 Å². The van der Waals surface area contributed by atoms with E-state index < -0.39 is 9.84 Å². The molecule has 0 radical (unpaired) electrons. The van der Waals surface area contributed by atoms with Gasteiger partial charge in [-0.15, -0.1) is 11.3 Å². The molecule has 1 aromatic carbocycles. The van der Waals surface area contributed by atoms with Crippen LogP contribution in [0.1, 0.15) is 13.8 Å². The van der Waals surface area contributed by atoms with Gasteiger partial charge in [0.05, 0.1) is 16.0 Å². The summed E-state index contributed by atoms with van der Waals surface area (Å²) in [6, 6.07) is 4.78. The quantitative estimate of drug-likeness (QED) is 0.903. The molecule has 1 heterocycles. The highest BCUT2D eigenvalue weighted by atomic mass is 32.2. The number of hydrogen-bond acceptors (Lipinski definition) is 5. The number of benzene rings is 1. The van der Waals surface area contributed by atoms with Crippen molar-refractivity contribution < 1.29 is 13.2 Å². The lowest BCUT2D eigenvalue weighted by molar-refractivity contribution is 0.254. The van der Waals surface area contributed by atoms with Crippen LogP contribution in [-0.2, 0) is 9.84 Å². The maximum atomic E-state index is 12.2. The van der Waals surface area contributed by atoms with Gasteiger partial charge in [0.15, 0.2) is 0 Å². The minimum absolute atomic E-state index is 0.0486. The van der Waals surface area contributed by atoms with Gasteiger partial charge < -0.3 is 10.6 Å². The average molecular weight is 327 g/mol. The number of carbonyl (C=O) groups excluding carboxylic acids is 1. The van der Waals surface area contributed by atoms with Gasteiger partial charge in [0.2, 0.25) is 14.2 Å². The van der Waals surface area contributed by atoms with Crippen molar-refractivity contribution in [1.29, 1.82) is 0 Å². The summed E-state index contributed by atoms with van der Waals surface area (Å²) < 4.78 is 25.2. The van der Waals surface area contributed by atoms with E-state index >= 15 is 0 Å². The van der Waals surface area contributed by atoms with Crippen LogP contribution in [0.25, 0.3) is 10.2 Å². The third-order valence-corrected chi connectivity index (χ3v) is 6.23. The fraction of sp³-hybridized carbons (Fsp3) is 0.385. The topological polar surface area (TPSA) is 88.2 Å². The number of hydrogen-bond donors (Lipinski definition) is 2. The number of thiazole rings is 1. The van der Waals surface area contributed by atoms with E-state index in [1.54, 1.807) is 18.2 Å². The molecule has 0 aliphatic rings. The van der Waals surface area contributed by atoms with Gasteiger partial charge in [-0.3, -0.25) is 0 Å². The molecule has 0 saturated heterocycles. The van der Waals surface area contributed by atoms with E-state index in [4.69, 9.17) is 0 Å². The lowest BCUT2D eigenvalue weighted by Crippen LogP contribution is -2.24. The molecular weight excluding hydrogens is 310 g/mol.